The third kappa shape index (κ3) is 4.03. The Hall–Kier alpha value is -0.720. The topological polar surface area (TPSA) is 41.5 Å². The van der Waals surface area contributed by atoms with Crippen molar-refractivity contribution >= 4 is 21.6 Å². The van der Waals surface area contributed by atoms with Crippen molar-refractivity contribution in [2.75, 3.05) is 31.7 Å². The Kier molecular flexibility index (Phi) is 5.65. The first-order chi connectivity index (χ1) is 7.65. The van der Waals surface area contributed by atoms with E-state index in [1.54, 1.807) is 0 Å². The van der Waals surface area contributed by atoms with Gasteiger partial charge in [0, 0.05) is 11.0 Å². The highest BCUT2D eigenvalue weighted by molar-refractivity contribution is 9.10. The number of nitrogens with one attached hydrogen (secondary N) is 1. The molecule has 0 unspecified atom stereocenters. The Morgan fingerprint density at radius 1 is 1.25 bits per heavy atom. The number of rotatable bonds is 6. The summed E-state index contributed by atoms with van der Waals surface area (Å²) in [6.07, 6.45) is 0. The summed E-state index contributed by atoms with van der Waals surface area (Å²) in [7, 11) is 0. The van der Waals surface area contributed by atoms with Crippen LogP contribution in [0.3, 0.4) is 0 Å². The molecule has 0 atom stereocenters. The fourth-order valence-electron chi connectivity index (χ4n) is 1.13. The third-order valence-corrected chi connectivity index (χ3v) is 2.25. The number of anilines is 1. The fourth-order valence-corrected chi connectivity index (χ4v) is 1.53. The molecule has 3 nitrogen and oxygen atoms in total. The third-order valence-electron chi connectivity index (χ3n) is 1.79. The second-order valence-corrected chi connectivity index (χ2v) is 3.92. The lowest BCUT2D eigenvalue weighted by Gasteiger charge is -2.09. The molecule has 6 heteroatoms. The van der Waals surface area contributed by atoms with Gasteiger partial charge in [0.1, 0.15) is 17.3 Å². The summed E-state index contributed by atoms with van der Waals surface area (Å²) in [6, 6.07) is 2.36. The van der Waals surface area contributed by atoms with Crippen LogP contribution in [0, 0.1) is 11.6 Å². The number of ether oxygens (including phenoxy) is 1. The lowest BCUT2D eigenvalue weighted by atomic mass is 10.3. The first-order valence-electron chi connectivity index (χ1n) is 4.72. The van der Waals surface area contributed by atoms with Gasteiger partial charge in [-0.15, -0.1) is 0 Å². The highest BCUT2D eigenvalue weighted by Crippen LogP contribution is 2.23. The molecule has 0 aliphatic carbocycles. The first-order valence-corrected chi connectivity index (χ1v) is 5.51. The maximum absolute atomic E-state index is 13.3. The van der Waals surface area contributed by atoms with E-state index in [0.717, 1.165) is 0 Å². The summed E-state index contributed by atoms with van der Waals surface area (Å²) >= 11 is 2.99. The standard InChI is InChI=1S/C10H12BrF2NO2/c11-7-5-8(12)10(9(13)6-7)14-1-3-16-4-2-15/h5-6,14-15H,1-4H2. The Labute approximate surface area is 101 Å². The van der Waals surface area contributed by atoms with E-state index < -0.39 is 11.6 Å². The molecule has 1 aromatic rings. The SMILES string of the molecule is OCCOCCNc1c(F)cc(Br)cc1F. The molecule has 90 valence electrons. The fraction of sp³-hybridized carbons (Fsp3) is 0.400. The van der Waals surface area contributed by atoms with Crippen molar-refractivity contribution in [3.8, 4) is 0 Å². The van der Waals surface area contributed by atoms with Crippen LogP contribution in [0.1, 0.15) is 0 Å². The predicted octanol–water partition coefficient (Wildman–Crippen LogP) is 2.15. The van der Waals surface area contributed by atoms with Crippen molar-refractivity contribution in [3.05, 3.63) is 28.2 Å². The Morgan fingerprint density at radius 3 is 2.44 bits per heavy atom. The van der Waals surface area contributed by atoms with Crippen LogP contribution in [-0.2, 0) is 4.74 Å². The van der Waals surface area contributed by atoms with Crippen molar-refractivity contribution in [3.63, 3.8) is 0 Å². The molecule has 0 fully saturated rings. The molecule has 1 aromatic carbocycles. The lowest BCUT2D eigenvalue weighted by molar-refractivity contribution is 0.0991. The van der Waals surface area contributed by atoms with Crippen LogP contribution in [0.25, 0.3) is 0 Å². The van der Waals surface area contributed by atoms with Gasteiger partial charge in [-0.1, -0.05) is 15.9 Å². The maximum atomic E-state index is 13.3. The summed E-state index contributed by atoms with van der Waals surface area (Å²) in [5.74, 6) is -1.32. The zero-order valence-electron chi connectivity index (χ0n) is 8.47. The zero-order chi connectivity index (χ0) is 12.0. The largest absolute Gasteiger partial charge is 0.394 e. The van der Waals surface area contributed by atoms with E-state index in [2.05, 4.69) is 21.2 Å². The molecule has 0 bridgehead atoms. The van der Waals surface area contributed by atoms with Crippen molar-refractivity contribution in [1.29, 1.82) is 0 Å². The molecule has 0 amide bonds. The van der Waals surface area contributed by atoms with Gasteiger partial charge in [0.2, 0.25) is 0 Å². The van der Waals surface area contributed by atoms with E-state index in [-0.39, 0.29) is 32.1 Å². The molecular formula is C10H12BrF2NO2. The summed E-state index contributed by atoms with van der Waals surface area (Å²) in [4.78, 5) is 0. The van der Waals surface area contributed by atoms with Crippen molar-refractivity contribution in [2.45, 2.75) is 0 Å². The number of halogens is 3. The van der Waals surface area contributed by atoms with Gasteiger partial charge in [-0.25, -0.2) is 8.78 Å². The molecule has 0 aliphatic heterocycles. The zero-order valence-corrected chi connectivity index (χ0v) is 10.1. The van der Waals surface area contributed by atoms with Gasteiger partial charge in [0.05, 0.1) is 19.8 Å². The van der Waals surface area contributed by atoms with Crippen molar-refractivity contribution in [2.24, 2.45) is 0 Å². The predicted molar refractivity (Wildman–Crippen MR) is 60.5 cm³/mol. The number of hydrogen-bond acceptors (Lipinski definition) is 3. The van der Waals surface area contributed by atoms with Crippen molar-refractivity contribution in [1.82, 2.24) is 0 Å². The molecule has 0 heterocycles. The molecule has 0 spiro atoms. The van der Waals surface area contributed by atoms with Gasteiger partial charge in [-0.2, -0.15) is 0 Å². The highest BCUT2D eigenvalue weighted by Gasteiger charge is 2.09. The number of benzene rings is 1. The average molecular weight is 296 g/mol. The number of hydrogen-bond donors (Lipinski definition) is 2. The molecule has 0 radical (unpaired) electrons. The van der Waals surface area contributed by atoms with E-state index >= 15 is 0 Å². The molecule has 16 heavy (non-hydrogen) atoms. The summed E-state index contributed by atoms with van der Waals surface area (Å²) < 4.78 is 31.8. The summed E-state index contributed by atoms with van der Waals surface area (Å²) in [5.41, 5.74) is -0.171. The maximum Gasteiger partial charge on any atom is 0.150 e. The normalized spacial score (nSPS) is 10.5. The van der Waals surface area contributed by atoms with Crippen LogP contribution in [0.5, 0.6) is 0 Å². The minimum Gasteiger partial charge on any atom is -0.394 e. The van der Waals surface area contributed by atoms with Gasteiger partial charge in [0.15, 0.2) is 0 Å². The quantitative estimate of drug-likeness (QED) is 0.790. The van der Waals surface area contributed by atoms with Gasteiger partial charge in [-0.3, -0.25) is 0 Å². The van der Waals surface area contributed by atoms with E-state index in [9.17, 15) is 8.78 Å². The van der Waals surface area contributed by atoms with Crippen LogP contribution >= 0.6 is 15.9 Å². The van der Waals surface area contributed by atoms with E-state index in [1.165, 1.54) is 12.1 Å². The Bertz CT molecular complexity index is 327. The molecule has 0 saturated heterocycles. The van der Waals surface area contributed by atoms with E-state index in [4.69, 9.17) is 9.84 Å². The molecule has 0 aliphatic rings. The van der Waals surface area contributed by atoms with Crippen LogP contribution in [-0.4, -0.2) is 31.5 Å². The molecule has 0 aromatic heterocycles. The summed E-state index contributed by atoms with van der Waals surface area (Å²) in [6.45, 7) is 0.693. The van der Waals surface area contributed by atoms with Crippen molar-refractivity contribution < 1.29 is 18.6 Å². The van der Waals surface area contributed by atoms with Crippen LogP contribution < -0.4 is 5.32 Å². The second kappa shape index (κ2) is 6.78. The smallest absolute Gasteiger partial charge is 0.150 e. The average Bonchev–Trinajstić information content (AvgIpc) is 2.20. The van der Waals surface area contributed by atoms with Crippen LogP contribution in [0.2, 0.25) is 0 Å². The van der Waals surface area contributed by atoms with Crippen LogP contribution in [0.4, 0.5) is 14.5 Å². The van der Waals surface area contributed by atoms with Gasteiger partial charge in [0.25, 0.3) is 0 Å². The van der Waals surface area contributed by atoms with Gasteiger partial charge >= 0.3 is 0 Å². The second-order valence-electron chi connectivity index (χ2n) is 3.01. The lowest BCUT2D eigenvalue weighted by Crippen LogP contribution is -2.13. The highest BCUT2D eigenvalue weighted by atomic mass is 79.9. The summed E-state index contributed by atoms with van der Waals surface area (Å²) in [5, 5.41) is 11.0. The molecule has 2 N–H and O–H groups in total. The number of aliphatic hydroxyl groups is 1. The van der Waals surface area contributed by atoms with Crippen LogP contribution in [0.15, 0.2) is 16.6 Å². The van der Waals surface area contributed by atoms with Gasteiger partial charge in [-0.05, 0) is 12.1 Å². The number of aliphatic hydroxyl groups excluding tert-OH is 1. The van der Waals surface area contributed by atoms with Gasteiger partial charge < -0.3 is 15.2 Å². The molecule has 0 saturated carbocycles. The Morgan fingerprint density at radius 2 is 1.88 bits per heavy atom. The molecular weight excluding hydrogens is 284 g/mol. The minimum absolute atomic E-state index is 0.0684. The minimum atomic E-state index is -0.658. The molecule has 1 rings (SSSR count). The van der Waals surface area contributed by atoms with E-state index in [0.29, 0.717) is 4.47 Å². The first kappa shape index (κ1) is 13.3. The Balaban J connectivity index is 2.47. The monoisotopic (exact) mass is 295 g/mol. The van der Waals surface area contributed by atoms with E-state index in [1.807, 2.05) is 0 Å².